The van der Waals surface area contributed by atoms with Crippen LogP contribution in [-0.2, 0) is 0 Å². The van der Waals surface area contributed by atoms with Crippen LogP contribution >= 0.6 is 0 Å². The van der Waals surface area contributed by atoms with Crippen LogP contribution in [-0.4, -0.2) is 6.54 Å². The van der Waals surface area contributed by atoms with Crippen molar-refractivity contribution in [3.8, 4) is 11.8 Å². The minimum Gasteiger partial charge on any atom is -0.467 e. The number of rotatable bonds is 5. The predicted octanol–water partition coefficient (Wildman–Crippen LogP) is 3.04. The second-order valence-corrected chi connectivity index (χ2v) is 3.54. The predicted molar refractivity (Wildman–Crippen MR) is 62.5 cm³/mol. The zero-order valence-corrected chi connectivity index (χ0v) is 9.76. The molecule has 2 nitrogen and oxygen atoms in total. The van der Waals surface area contributed by atoms with E-state index >= 15 is 0 Å². The highest BCUT2D eigenvalue weighted by molar-refractivity contribution is 5.18. The fourth-order valence-electron chi connectivity index (χ4n) is 1.66. The fraction of sp³-hybridized carbons (Fsp3) is 0.538. The first-order valence-corrected chi connectivity index (χ1v) is 5.46. The highest BCUT2D eigenvalue weighted by atomic mass is 16.3. The molecule has 0 aliphatic heterocycles. The Bertz CT molecular complexity index is 343. The first-order valence-electron chi connectivity index (χ1n) is 5.46. The third-order valence-corrected chi connectivity index (χ3v) is 2.40. The van der Waals surface area contributed by atoms with Crippen molar-refractivity contribution in [2.24, 2.45) is 0 Å². The van der Waals surface area contributed by atoms with Crippen LogP contribution in [0.5, 0.6) is 0 Å². The summed E-state index contributed by atoms with van der Waals surface area (Å²) in [6.45, 7) is 7.01. The molecule has 1 aromatic rings. The van der Waals surface area contributed by atoms with Gasteiger partial charge in [0.15, 0.2) is 0 Å². The van der Waals surface area contributed by atoms with E-state index in [4.69, 9.17) is 4.42 Å². The molecule has 1 aromatic heterocycles. The molecule has 2 heteroatoms. The van der Waals surface area contributed by atoms with Crippen LogP contribution in [0.4, 0.5) is 0 Å². The number of furan rings is 1. The first kappa shape index (κ1) is 11.9. The minimum atomic E-state index is 0.297. The average Bonchev–Trinajstić information content (AvgIpc) is 2.64. The van der Waals surface area contributed by atoms with Gasteiger partial charge in [-0.2, -0.15) is 0 Å². The van der Waals surface area contributed by atoms with E-state index in [1.165, 1.54) is 5.56 Å². The first-order chi connectivity index (χ1) is 7.29. The average molecular weight is 205 g/mol. The summed E-state index contributed by atoms with van der Waals surface area (Å²) in [5.41, 5.74) is 1.21. The number of nitrogens with one attached hydrogen (secondary N) is 1. The van der Waals surface area contributed by atoms with Gasteiger partial charge < -0.3 is 9.73 Å². The van der Waals surface area contributed by atoms with Crippen molar-refractivity contribution >= 4 is 0 Å². The molecule has 1 heterocycles. The van der Waals surface area contributed by atoms with Gasteiger partial charge in [-0.25, -0.2) is 0 Å². The lowest BCUT2D eigenvalue weighted by molar-refractivity contribution is 0.402. The lowest BCUT2D eigenvalue weighted by Crippen LogP contribution is -2.20. The summed E-state index contributed by atoms with van der Waals surface area (Å²) in [4.78, 5) is 0. The molecule has 1 unspecified atom stereocenters. The number of hydrogen-bond acceptors (Lipinski definition) is 2. The summed E-state index contributed by atoms with van der Waals surface area (Å²) in [7, 11) is 0. The van der Waals surface area contributed by atoms with Gasteiger partial charge in [-0.15, -0.1) is 11.8 Å². The maximum absolute atomic E-state index is 5.50. The Labute approximate surface area is 92.1 Å². The SMILES string of the molecule is CC#CCCC(NCC)c1occc1C. The van der Waals surface area contributed by atoms with E-state index in [0.717, 1.165) is 25.1 Å². The summed E-state index contributed by atoms with van der Waals surface area (Å²) in [5.74, 6) is 7.05. The van der Waals surface area contributed by atoms with E-state index in [1.807, 2.05) is 13.0 Å². The molecule has 15 heavy (non-hydrogen) atoms. The van der Waals surface area contributed by atoms with Crippen LogP contribution in [0, 0.1) is 18.8 Å². The highest BCUT2D eigenvalue weighted by Gasteiger charge is 2.14. The van der Waals surface area contributed by atoms with E-state index in [1.54, 1.807) is 6.26 Å². The molecule has 0 saturated carbocycles. The third-order valence-electron chi connectivity index (χ3n) is 2.40. The summed E-state index contributed by atoms with van der Waals surface area (Å²) >= 11 is 0. The molecule has 0 aliphatic carbocycles. The van der Waals surface area contributed by atoms with Gasteiger partial charge in [0.2, 0.25) is 0 Å². The van der Waals surface area contributed by atoms with E-state index in [0.29, 0.717) is 6.04 Å². The van der Waals surface area contributed by atoms with Crippen molar-refractivity contribution in [3.05, 3.63) is 23.7 Å². The van der Waals surface area contributed by atoms with Crippen molar-refractivity contribution in [2.75, 3.05) is 6.54 Å². The van der Waals surface area contributed by atoms with Gasteiger partial charge in [-0.05, 0) is 38.4 Å². The second kappa shape index (κ2) is 6.31. The van der Waals surface area contributed by atoms with E-state index in [9.17, 15) is 0 Å². The van der Waals surface area contributed by atoms with Crippen LogP contribution in [0.25, 0.3) is 0 Å². The van der Waals surface area contributed by atoms with Gasteiger partial charge in [0, 0.05) is 6.42 Å². The lowest BCUT2D eigenvalue weighted by atomic mass is 10.1. The van der Waals surface area contributed by atoms with Crippen molar-refractivity contribution in [2.45, 2.75) is 39.7 Å². The largest absolute Gasteiger partial charge is 0.467 e. The molecule has 0 amide bonds. The maximum Gasteiger partial charge on any atom is 0.123 e. The minimum absolute atomic E-state index is 0.297. The topological polar surface area (TPSA) is 25.2 Å². The number of hydrogen-bond donors (Lipinski definition) is 1. The van der Waals surface area contributed by atoms with Crippen molar-refractivity contribution in [3.63, 3.8) is 0 Å². The third kappa shape index (κ3) is 3.45. The Hall–Kier alpha value is -1.20. The lowest BCUT2D eigenvalue weighted by Gasteiger charge is -2.15. The van der Waals surface area contributed by atoms with E-state index in [-0.39, 0.29) is 0 Å². The van der Waals surface area contributed by atoms with Crippen LogP contribution < -0.4 is 5.32 Å². The molecule has 0 aromatic carbocycles. The Morgan fingerprint density at radius 3 is 2.87 bits per heavy atom. The summed E-state index contributed by atoms with van der Waals surface area (Å²) < 4.78 is 5.50. The molecule has 1 N–H and O–H groups in total. The summed E-state index contributed by atoms with van der Waals surface area (Å²) in [6.07, 6.45) is 3.66. The molecule has 0 saturated heterocycles. The molecule has 0 spiro atoms. The zero-order chi connectivity index (χ0) is 11.1. The van der Waals surface area contributed by atoms with Gasteiger partial charge in [0.1, 0.15) is 5.76 Å². The summed E-state index contributed by atoms with van der Waals surface area (Å²) in [5, 5.41) is 3.42. The van der Waals surface area contributed by atoms with Gasteiger partial charge in [0.05, 0.1) is 12.3 Å². The van der Waals surface area contributed by atoms with Gasteiger partial charge in [0.25, 0.3) is 0 Å². The Morgan fingerprint density at radius 2 is 2.33 bits per heavy atom. The molecule has 0 radical (unpaired) electrons. The Balaban J connectivity index is 2.64. The fourth-order valence-corrected chi connectivity index (χ4v) is 1.66. The molecule has 82 valence electrons. The molecule has 0 aliphatic rings. The monoisotopic (exact) mass is 205 g/mol. The molecule has 1 rings (SSSR count). The molecular weight excluding hydrogens is 186 g/mol. The summed E-state index contributed by atoms with van der Waals surface area (Å²) in [6, 6.07) is 2.30. The van der Waals surface area contributed by atoms with Crippen LogP contribution in [0.1, 0.15) is 44.1 Å². The Kier molecular flexibility index (Phi) is 5.00. The van der Waals surface area contributed by atoms with Gasteiger partial charge in [-0.1, -0.05) is 6.92 Å². The normalized spacial score (nSPS) is 11.9. The van der Waals surface area contributed by atoms with Crippen molar-refractivity contribution in [1.29, 1.82) is 0 Å². The Morgan fingerprint density at radius 1 is 1.53 bits per heavy atom. The highest BCUT2D eigenvalue weighted by Crippen LogP contribution is 2.22. The molecule has 1 atom stereocenters. The van der Waals surface area contributed by atoms with E-state index in [2.05, 4.69) is 31.0 Å². The molecule has 0 fully saturated rings. The maximum atomic E-state index is 5.50. The number of aryl methyl sites for hydroxylation is 1. The van der Waals surface area contributed by atoms with Crippen molar-refractivity contribution < 1.29 is 4.42 Å². The van der Waals surface area contributed by atoms with E-state index < -0.39 is 0 Å². The van der Waals surface area contributed by atoms with Gasteiger partial charge >= 0.3 is 0 Å². The van der Waals surface area contributed by atoms with Crippen LogP contribution in [0.2, 0.25) is 0 Å². The smallest absolute Gasteiger partial charge is 0.123 e. The quantitative estimate of drug-likeness (QED) is 0.747. The second-order valence-electron chi connectivity index (χ2n) is 3.54. The standard InChI is InChI=1S/C13H19NO/c1-4-6-7-8-12(14-5-2)13-11(3)9-10-15-13/h9-10,12,14H,5,7-8H2,1-3H3. The zero-order valence-electron chi connectivity index (χ0n) is 9.76. The van der Waals surface area contributed by atoms with Crippen LogP contribution in [0.15, 0.2) is 16.7 Å². The molecule has 0 bridgehead atoms. The van der Waals surface area contributed by atoms with Crippen molar-refractivity contribution in [1.82, 2.24) is 5.32 Å². The van der Waals surface area contributed by atoms with Crippen LogP contribution in [0.3, 0.4) is 0 Å². The van der Waals surface area contributed by atoms with Gasteiger partial charge in [-0.3, -0.25) is 0 Å². The molecular formula is C13H19NO.